The SMILES string of the molecule is O=C(Nc1ccc2c(c1)OCO2)c1ccnc(NCc2ccc3c(c2)OCO3)n1. The first-order chi connectivity index (χ1) is 14.2. The minimum Gasteiger partial charge on any atom is -0.454 e. The summed E-state index contributed by atoms with van der Waals surface area (Å²) in [5.74, 6) is 2.68. The molecule has 1 aromatic heterocycles. The van der Waals surface area contributed by atoms with Gasteiger partial charge >= 0.3 is 0 Å². The van der Waals surface area contributed by atoms with Crippen LogP contribution in [0.2, 0.25) is 0 Å². The third kappa shape index (κ3) is 3.57. The number of ether oxygens (including phenoxy) is 4. The summed E-state index contributed by atoms with van der Waals surface area (Å²) < 4.78 is 21.3. The second-order valence-corrected chi connectivity index (χ2v) is 6.33. The van der Waals surface area contributed by atoms with Crippen LogP contribution in [0.1, 0.15) is 16.1 Å². The highest BCUT2D eigenvalue weighted by Gasteiger charge is 2.16. The van der Waals surface area contributed by atoms with Crippen molar-refractivity contribution in [1.29, 1.82) is 0 Å². The normalized spacial score (nSPS) is 13.2. The van der Waals surface area contributed by atoms with E-state index in [0.717, 1.165) is 11.3 Å². The van der Waals surface area contributed by atoms with Crippen LogP contribution in [-0.2, 0) is 6.54 Å². The number of hydrogen-bond acceptors (Lipinski definition) is 8. The van der Waals surface area contributed by atoms with Crippen LogP contribution in [0.4, 0.5) is 11.6 Å². The number of aromatic nitrogens is 2. The van der Waals surface area contributed by atoms with E-state index in [1.165, 1.54) is 6.20 Å². The van der Waals surface area contributed by atoms with Gasteiger partial charge in [-0.2, -0.15) is 0 Å². The van der Waals surface area contributed by atoms with Gasteiger partial charge in [0.25, 0.3) is 5.91 Å². The van der Waals surface area contributed by atoms with Crippen LogP contribution in [0.5, 0.6) is 23.0 Å². The Labute approximate surface area is 165 Å². The maximum Gasteiger partial charge on any atom is 0.274 e. The molecule has 0 spiro atoms. The summed E-state index contributed by atoms with van der Waals surface area (Å²) in [6, 6.07) is 12.4. The Kier molecular flexibility index (Phi) is 4.24. The van der Waals surface area contributed by atoms with Crippen LogP contribution in [0.15, 0.2) is 48.7 Å². The molecule has 0 atom stereocenters. The predicted molar refractivity (Wildman–Crippen MR) is 102 cm³/mol. The fourth-order valence-corrected chi connectivity index (χ4v) is 2.97. The molecule has 2 aliphatic rings. The molecule has 0 saturated carbocycles. The number of carbonyl (C=O) groups excluding carboxylic acids is 1. The van der Waals surface area contributed by atoms with E-state index in [4.69, 9.17) is 18.9 Å². The van der Waals surface area contributed by atoms with Gasteiger partial charge in [0, 0.05) is 24.5 Å². The zero-order chi connectivity index (χ0) is 19.6. The van der Waals surface area contributed by atoms with Crippen LogP contribution in [0.3, 0.4) is 0 Å². The Hall–Kier alpha value is -4.01. The molecule has 1 amide bonds. The quantitative estimate of drug-likeness (QED) is 0.683. The summed E-state index contributed by atoms with van der Waals surface area (Å²) in [7, 11) is 0. The van der Waals surface area contributed by atoms with Crippen molar-refractivity contribution >= 4 is 17.5 Å². The highest BCUT2D eigenvalue weighted by atomic mass is 16.7. The van der Waals surface area contributed by atoms with Crippen LogP contribution in [-0.4, -0.2) is 29.5 Å². The summed E-state index contributed by atoms with van der Waals surface area (Å²) in [4.78, 5) is 21.0. The minimum absolute atomic E-state index is 0.178. The number of hydrogen-bond donors (Lipinski definition) is 2. The molecule has 0 radical (unpaired) electrons. The highest BCUT2D eigenvalue weighted by Crippen LogP contribution is 2.34. The fourth-order valence-electron chi connectivity index (χ4n) is 2.97. The Balaban J connectivity index is 1.25. The molecule has 2 N–H and O–H groups in total. The molecule has 3 heterocycles. The molecule has 0 fully saturated rings. The predicted octanol–water partition coefficient (Wildman–Crippen LogP) is 2.80. The second kappa shape index (κ2) is 7.19. The van der Waals surface area contributed by atoms with Crippen LogP contribution in [0, 0.1) is 0 Å². The van der Waals surface area contributed by atoms with Crippen molar-refractivity contribution in [3.63, 3.8) is 0 Å². The maximum absolute atomic E-state index is 12.5. The van der Waals surface area contributed by atoms with E-state index >= 15 is 0 Å². The van der Waals surface area contributed by atoms with Gasteiger partial charge in [-0.05, 0) is 35.9 Å². The molecule has 3 aromatic rings. The average Bonchev–Trinajstić information content (AvgIpc) is 3.41. The van der Waals surface area contributed by atoms with Crippen molar-refractivity contribution in [3.05, 3.63) is 59.9 Å². The topological polar surface area (TPSA) is 104 Å². The average molecular weight is 392 g/mol. The molecule has 5 rings (SSSR count). The number of nitrogens with zero attached hydrogens (tertiary/aromatic N) is 2. The fraction of sp³-hybridized carbons (Fsp3) is 0.150. The Morgan fingerprint density at radius 3 is 2.45 bits per heavy atom. The third-order valence-electron chi connectivity index (χ3n) is 4.41. The molecule has 2 aliphatic heterocycles. The molecular weight excluding hydrogens is 376 g/mol. The van der Waals surface area contributed by atoms with Crippen molar-refractivity contribution in [2.75, 3.05) is 24.2 Å². The van der Waals surface area contributed by atoms with Gasteiger partial charge in [-0.3, -0.25) is 4.79 Å². The number of carbonyl (C=O) groups is 1. The monoisotopic (exact) mass is 392 g/mol. The van der Waals surface area contributed by atoms with Crippen molar-refractivity contribution in [3.8, 4) is 23.0 Å². The van der Waals surface area contributed by atoms with E-state index in [0.29, 0.717) is 35.4 Å². The van der Waals surface area contributed by atoms with Gasteiger partial charge in [-0.25, -0.2) is 9.97 Å². The molecule has 9 nitrogen and oxygen atoms in total. The third-order valence-corrected chi connectivity index (χ3v) is 4.41. The molecule has 2 aromatic carbocycles. The van der Waals surface area contributed by atoms with Gasteiger partial charge in [0.1, 0.15) is 5.69 Å². The first-order valence-electron chi connectivity index (χ1n) is 8.91. The van der Waals surface area contributed by atoms with E-state index in [1.54, 1.807) is 24.3 Å². The van der Waals surface area contributed by atoms with Gasteiger partial charge in [-0.15, -0.1) is 0 Å². The standard InChI is InChI=1S/C20H16N4O5/c25-19(23-13-2-4-16-18(8-13)29-11-27-16)14-5-6-21-20(24-14)22-9-12-1-3-15-17(7-12)28-10-26-15/h1-8H,9-11H2,(H,23,25)(H,21,22,24). The summed E-state index contributed by atoms with van der Waals surface area (Å²) in [5, 5.41) is 5.90. The zero-order valence-corrected chi connectivity index (χ0v) is 15.2. The second-order valence-electron chi connectivity index (χ2n) is 6.33. The maximum atomic E-state index is 12.5. The van der Waals surface area contributed by atoms with Gasteiger partial charge in [0.15, 0.2) is 23.0 Å². The molecule has 9 heteroatoms. The van der Waals surface area contributed by atoms with Crippen LogP contribution < -0.4 is 29.6 Å². The lowest BCUT2D eigenvalue weighted by Crippen LogP contribution is -2.15. The lowest BCUT2D eigenvalue weighted by Gasteiger charge is -2.08. The van der Waals surface area contributed by atoms with Gasteiger partial charge in [-0.1, -0.05) is 6.07 Å². The molecule has 146 valence electrons. The largest absolute Gasteiger partial charge is 0.454 e. The first-order valence-corrected chi connectivity index (χ1v) is 8.91. The first kappa shape index (κ1) is 17.1. The molecule has 0 bridgehead atoms. The summed E-state index contributed by atoms with van der Waals surface area (Å²) in [6.07, 6.45) is 1.53. The van der Waals surface area contributed by atoms with E-state index in [-0.39, 0.29) is 25.2 Å². The smallest absolute Gasteiger partial charge is 0.274 e. The number of fused-ring (bicyclic) bond motifs is 2. The summed E-state index contributed by atoms with van der Waals surface area (Å²) in [6.45, 7) is 0.886. The van der Waals surface area contributed by atoms with Crippen molar-refractivity contribution in [2.45, 2.75) is 6.54 Å². The van der Waals surface area contributed by atoms with E-state index < -0.39 is 0 Å². The summed E-state index contributed by atoms with van der Waals surface area (Å²) >= 11 is 0. The van der Waals surface area contributed by atoms with Gasteiger partial charge in [0.05, 0.1) is 0 Å². The molecule has 0 unspecified atom stereocenters. The Morgan fingerprint density at radius 2 is 1.62 bits per heavy atom. The van der Waals surface area contributed by atoms with Gasteiger partial charge in [0.2, 0.25) is 19.5 Å². The molecule has 0 aliphatic carbocycles. The number of anilines is 2. The molecular formula is C20H16N4O5. The number of nitrogens with one attached hydrogen (secondary N) is 2. The highest BCUT2D eigenvalue weighted by molar-refractivity contribution is 6.03. The van der Waals surface area contributed by atoms with Crippen molar-refractivity contribution < 1.29 is 23.7 Å². The zero-order valence-electron chi connectivity index (χ0n) is 15.2. The lowest BCUT2D eigenvalue weighted by atomic mass is 10.2. The van der Waals surface area contributed by atoms with E-state index in [2.05, 4.69) is 20.6 Å². The molecule has 0 saturated heterocycles. The number of rotatable bonds is 5. The summed E-state index contributed by atoms with van der Waals surface area (Å²) in [5.41, 5.74) is 1.81. The van der Waals surface area contributed by atoms with E-state index in [1.807, 2.05) is 18.2 Å². The van der Waals surface area contributed by atoms with Gasteiger partial charge < -0.3 is 29.6 Å². The van der Waals surface area contributed by atoms with E-state index in [9.17, 15) is 4.79 Å². The van der Waals surface area contributed by atoms with Crippen LogP contribution in [0.25, 0.3) is 0 Å². The minimum atomic E-state index is -0.350. The lowest BCUT2D eigenvalue weighted by molar-refractivity contribution is 0.102. The number of benzene rings is 2. The van der Waals surface area contributed by atoms with Crippen LogP contribution >= 0.6 is 0 Å². The Bertz CT molecular complexity index is 1090. The van der Waals surface area contributed by atoms with Crippen molar-refractivity contribution in [2.24, 2.45) is 0 Å². The van der Waals surface area contributed by atoms with Crippen molar-refractivity contribution in [1.82, 2.24) is 9.97 Å². The molecule has 29 heavy (non-hydrogen) atoms. The number of amides is 1. The Morgan fingerprint density at radius 1 is 0.897 bits per heavy atom.